The summed E-state index contributed by atoms with van der Waals surface area (Å²) in [7, 11) is 0. The lowest BCUT2D eigenvalue weighted by atomic mass is 9.87. The van der Waals surface area contributed by atoms with Gasteiger partial charge in [-0.3, -0.25) is 35.1 Å². The Bertz CT molecular complexity index is 4090. The molecule has 3 saturated heterocycles. The number of hydrogen-bond donors (Lipinski definition) is 2. The summed E-state index contributed by atoms with van der Waals surface area (Å²) in [4.78, 5) is 20.3. The number of halogens is 9. The summed E-state index contributed by atoms with van der Waals surface area (Å²) in [6.07, 6.45) is 7.17. The zero-order chi connectivity index (χ0) is 76.8. The van der Waals surface area contributed by atoms with Gasteiger partial charge in [0.2, 0.25) is 0 Å². The van der Waals surface area contributed by atoms with E-state index in [1.165, 1.54) is 57.9 Å². The highest BCUT2D eigenvalue weighted by Gasteiger charge is 2.46. The summed E-state index contributed by atoms with van der Waals surface area (Å²) in [5.41, 5.74) is 8.96. The maximum absolute atomic E-state index is 15.6. The first kappa shape index (κ1) is 79.2. The lowest BCUT2D eigenvalue weighted by Gasteiger charge is -2.42. The van der Waals surface area contributed by atoms with Gasteiger partial charge in [0.25, 0.3) is 0 Å². The average molecular weight is 1540 g/mol. The molecular formula is C85H104Cl2F7N9O5. The molecule has 6 aliphatic heterocycles. The van der Waals surface area contributed by atoms with E-state index in [1.54, 1.807) is 24.9 Å². The molecule has 0 saturated carbocycles. The van der Waals surface area contributed by atoms with Crippen molar-refractivity contribution in [3.8, 4) is 17.2 Å². The number of benzene rings is 5. The third kappa shape index (κ3) is 17.5. The maximum Gasteiger partial charge on any atom is 0.169 e. The summed E-state index contributed by atoms with van der Waals surface area (Å²) in [6, 6.07) is 25.5. The van der Waals surface area contributed by atoms with Gasteiger partial charge in [-0.05, 0) is 134 Å². The van der Waals surface area contributed by atoms with Crippen molar-refractivity contribution < 1.29 is 53.8 Å². The molecule has 0 aliphatic carbocycles. The zero-order valence-corrected chi connectivity index (χ0v) is 65.5. The lowest BCUT2D eigenvalue weighted by molar-refractivity contribution is 0.0571. The Morgan fingerprint density at radius 2 is 0.852 bits per heavy atom. The molecule has 108 heavy (non-hydrogen) atoms. The molecular weight excluding hydrogens is 1430 g/mol. The Morgan fingerprint density at radius 1 is 0.491 bits per heavy atom. The molecule has 7 atom stereocenters. The number of likely N-dealkylation sites (tertiary alicyclic amines) is 3. The number of para-hydroxylation sites is 2. The summed E-state index contributed by atoms with van der Waals surface area (Å²) in [5, 5.41) is 3.92. The van der Waals surface area contributed by atoms with Crippen LogP contribution in [0, 0.1) is 41.0 Å². The van der Waals surface area contributed by atoms with Crippen molar-refractivity contribution in [3.05, 3.63) is 187 Å². The van der Waals surface area contributed by atoms with Crippen molar-refractivity contribution >= 4 is 56.2 Å². The molecule has 23 heteroatoms. The number of nitrogens with one attached hydrogen (secondary N) is 1. The van der Waals surface area contributed by atoms with Crippen LogP contribution in [0.1, 0.15) is 164 Å². The number of aromatic amines is 1. The predicted octanol–water partition coefficient (Wildman–Crippen LogP) is 18.6. The third-order valence-corrected chi connectivity index (χ3v) is 23.2. The van der Waals surface area contributed by atoms with E-state index in [0.717, 1.165) is 133 Å². The molecule has 4 aromatic heterocycles. The highest BCUT2D eigenvalue weighted by molar-refractivity contribution is 6.36. The van der Waals surface area contributed by atoms with E-state index in [4.69, 9.17) is 52.0 Å². The van der Waals surface area contributed by atoms with Crippen molar-refractivity contribution in [1.29, 1.82) is 0 Å². The van der Waals surface area contributed by atoms with Crippen molar-refractivity contribution in [2.75, 3.05) is 98.4 Å². The van der Waals surface area contributed by atoms with Gasteiger partial charge in [-0.2, -0.15) is 0 Å². The third-order valence-electron chi connectivity index (χ3n) is 22.6. The van der Waals surface area contributed by atoms with Crippen LogP contribution < -0.4 is 19.9 Å². The molecule has 9 aromatic rings. The number of furan rings is 2. The number of rotatable bonds is 24. The number of nitrogens with two attached hydrogens (primary N) is 1. The van der Waals surface area contributed by atoms with E-state index >= 15 is 22.0 Å². The SMILES string of the molecule is CCC1CN(CCOc2cc(Cl)c(C3c4oc5ccccc5c4CC(C)N3CC(C)(C)F)c(Cl)c2)C1.CCC1CN(CCOc2cc(F)c(C3c4[nH]c5ncccc5c4CC(C)N3CC(C)(N)F)c(F)c2)C1.CCC1CN(CCOc2cc(F)c(C3c4oc5ccccc5c4CC(C)N3CC(C)(C)F)c(F)c2)C1. The van der Waals surface area contributed by atoms with Crippen molar-refractivity contribution in [2.45, 2.75) is 168 Å². The lowest BCUT2D eigenvalue weighted by Crippen LogP contribution is -2.52. The Labute approximate surface area is 640 Å². The summed E-state index contributed by atoms with van der Waals surface area (Å²) < 4.78 is 137. The van der Waals surface area contributed by atoms with Gasteiger partial charge in [-0.15, -0.1) is 0 Å². The fourth-order valence-corrected chi connectivity index (χ4v) is 17.6. The highest BCUT2D eigenvalue weighted by Crippen LogP contribution is 2.50. The fraction of sp³-hybridized carbons (Fsp3) is 0.518. The first-order valence-electron chi connectivity index (χ1n) is 38.5. The van der Waals surface area contributed by atoms with Crippen molar-refractivity contribution in [3.63, 3.8) is 0 Å². The van der Waals surface area contributed by atoms with Crippen LogP contribution in [-0.4, -0.2) is 173 Å². The summed E-state index contributed by atoms with van der Waals surface area (Å²) >= 11 is 13.8. The molecule has 582 valence electrons. The van der Waals surface area contributed by atoms with Crippen molar-refractivity contribution in [2.24, 2.45) is 23.5 Å². The standard InChI is InChI=1S/C29H35Cl2FN2O2.C29H35F3N2O2.C27H34F3N5O/c2*1-5-19-15-33(16-19)10-11-35-20-13-23(30)26(24(31)14-20)27-28-22(21-8-6-7-9-25(21)36-28)12-18(2)34(27)17-29(3,4)32;1-4-17-13-34(14-17)8-9-36-18-11-21(28)23(22(29)12-18)25-24-20(19-6-5-7-32-26(19)33-24)10-16(2)35(25)15-27(3,30)31/h2*6-9,13-14,18-19,27H,5,10-12,15-17H2,1-4H3;5-7,11-12,16-17,25H,4,8-10,13-15,31H2,1-3H3,(H,32,33). The number of alkyl halides is 3. The normalized spacial score (nSPS) is 22.0. The van der Waals surface area contributed by atoms with Crippen LogP contribution in [0.3, 0.4) is 0 Å². The Balaban J connectivity index is 0.000000143. The predicted molar refractivity (Wildman–Crippen MR) is 414 cm³/mol. The first-order chi connectivity index (χ1) is 51.4. The monoisotopic (exact) mass is 1530 g/mol. The number of pyridine rings is 1. The molecule has 0 amide bonds. The van der Waals surface area contributed by atoms with Crippen LogP contribution in [0.4, 0.5) is 30.7 Å². The van der Waals surface area contributed by atoms with Crippen LogP contribution in [0.25, 0.3) is 33.0 Å². The molecule has 15 rings (SSSR count). The molecule has 3 N–H and O–H groups in total. The molecule has 5 aromatic carbocycles. The fourth-order valence-electron chi connectivity index (χ4n) is 16.9. The number of hydrogen-bond acceptors (Lipinski definition) is 13. The topological polar surface area (TPSA) is 128 Å². The minimum atomic E-state index is -2.04. The molecule has 7 unspecified atom stereocenters. The summed E-state index contributed by atoms with van der Waals surface area (Å²) in [5.74, 6) is -0.458. The molecule has 0 spiro atoms. The van der Waals surface area contributed by atoms with Gasteiger partial charge in [-0.1, -0.05) is 99.6 Å². The molecule has 3 fully saturated rings. The van der Waals surface area contributed by atoms with Crippen LogP contribution in [0.2, 0.25) is 10.0 Å². The number of ether oxygens (including phenoxy) is 3. The van der Waals surface area contributed by atoms with E-state index in [0.29, 0.717) is 77.7 Å². The number of aromatic nitrogens is 2. The maximum atomic E-state index is 15.6. The highest BCUT2D eigenvalue weighted by atomic mass is 35.5. The first-order valence-corrected chi connectivity index (χ1v) is 39.3. The second-order valence-electron chi connectivity index (χ2n) is 32.4. The Kier molecular flexibility index (Phi) is 24.0. The van der Waals surface area contributed by atoms with E-state index < -0.39 is 58.5 Å². The van der Waals surface area contributed by atoms with E-state index in [1.807, 2.05) is 85.5 Å². The van der Waals surface area contributed by atoms with E-state index in [9.17, 15) is 8.78 Å². The van der Waals surface area contributed by atoms with Crippen LogP contribution in [0.15, 0.2) is 112 Å². The smallest absolute Gasteiger partial charge is 0.169 e. The second-order valence-corrected chi connectivity index (χ2v) is 33.3. The molecule has 0 radical (unpaired) electrons. The van der Waals surface area contributed by atoms with Gasteiger partial charge in [-0.25, -0.2) is 35.7 Å². The quantitative estimate of drug-likeness (QED) is 0.0440. The van der Waals surface area contributed by atoms with Gasteiger partial charge < -0.3 is 28.0 Å². The van der Waals surface area contributed by atoms with E-state index in [-0.39, 0.29) is 60.4 Å². The second kappa shape index (κ2) is 32.8. The number of H-pyrrole nitrogens is 1. The Hall–Kier alpha value is -6.92. The molecule has 10 heterocycles. The van der Waals surface area contributed by atoms with Crippen LogP contribution in [-0.2, 0) is 19.3 Å². The van der Waals surface area contributed by atoms with Gasteiger partial charge in [0.1, 0.15) is 106 Å². The minimum absolute atomic E-state index is 0.0149. The van der Waals surface area contributed by atoms with E-state index in [2.05, 4.69) is 63.3 Å². The van der Waals surface area contributed by atoms with Crippen LogP contribution >= 0.6 is 23.2 Å². The average Bonchev–Trinajstić information content (AvgIpc) is 1.55. The van der Waals surface area contributed by atoms with Gasteiger partial charge in [0.15, 0.2) is 5.79 Å². The minimum Gasteiger partial charge on any atom is -0.492 e. The summed E-state index contributed by atoms with van der Waals surface area (Å²) in [6.45, 7) is 30.2. The molecule has 6 aliphatic rings. The largest absolute Gasteiger partial charge is 0.492 e. The van der Waals surface area contributed by atoms with Gasteiger partial charge in [0.05, 0.1) is 22.1 Å². The Morgan fingerprint density at radius 3 is 1.25 bits per heavy atom. The zero-order valence-electron chi connectivity index (χ0n) is 64.0. The number of fused-ring (bicyclic) bond motifs is 9. The molecule has 14 nitrogen and oxygen atoms in total. The van der Waals surface area contributed by atoms with Crippen molar-refractivity contribution in [1.82, 2.24) is 39.4 Å². The van der Waals surface area contributed by atoms with Crippen LogP contribution in [0.5, 0.6) is 17.2 Å². The van der Waals surface area contributed by atoms with Gasteiger partial charge in [0, 0.05) is 177 Å². The van der Waals surface area contributed by atoms with Gasteiger partial charge >= 0.3 is 0 Å². The number of nitrogens with zero attached hydrogens (tertiary/aromatic N) is 7. The molecule has 0 bridgehead atoms.